The SMILES string of the molecule is COC(=O)c1cccc(CSCC(=O)Nc2cccc(C)c2)c1. The predicted molar refractivity (Wildman–Crippen MR) is 93.8 cm³/mol. The van der Waals surface area contributed by atoms with Crippen LogP contribution in [0, 0.1) is 6.92 Å². The first kappa shape index (κ1) is 17.1. The van der Waals surface area contributed by atoms with Gasteiger partial charge in [-0.3, -0.25) is 4.79 Å². The van der Waals surface area contributed by atoms with Gasteiger partial charge in [-0.25, -0.2) is 4.79 Å². The van der Waals surface area contributed by atoms with Crippen molar-refractivity contribution in [3.63, 3.8) is 0 Å². The Morgan fingerprint density at radius 2 is 1.91 bits per heavy atom. The molecule has 0 heterocycles. The van der Waals surface area contributed by atoms with Crippen LogP contribution in [0.2, 0.25) is 0 Å². The Morgan fingerprint density at radius 3 is 2.65 bits per heavy atom. The highest BCUT2D eigenvalue weighted by atomic mass is 32.2. The summed E-state index contributed by atoms with van der Waals surface area (Å²) in [6, 6.07) is 14.9. The normalized spacial score (nSPS) is 10.2. The van der Waals surface area contributed by atoms with Crippen molar-refractivity contribution in [3.05, 3.63) is 65.2 Å². The predicted octanol–water partition coefficient (Wildman–Crippen LogP) is 3.65. The minimum Gasteiger partial charge on any atom is -0.465 e. The minimum absolute atomic E-state index is 0.0373. The van der Waals surface area contributed by atoms with Crippen LogP contribution in [-0.4, -0.2) is 24.7 Å². The number of carbonyl (C=O) groups is 2. The molecular weight excluding hydrogens is 310 g/mol. The first-order valence-corrected chi connectivity index (χ1v) is 8.35. The van der Waals surface area contributed by atoms with Gasteiger partial charge in [0.15, 0.2) is 0 Å². The second-order valence-electron chi connectivity index (χ2n) is 5.10. The molecule has 0 saturated carbocycles. The summed E-state index contributed by atoms with van der Waals surface area (Å²) in [6.45, 7) is 1.98. The van der Waals surface area contributed by atoms with E-state index in [2.05, 4.69) is 5.32 Å². The molecule has 0 spiro atoms. The van der Waals surface area contributed by atoms with Gasteiger partial charge in [-0.2, -0.15) is 0 Å². The molecule has 1 amide bonds. The summed E-state index contributed by atoms with van der Waals surface area (Å²) in [6.07, 6.45) is 0. The summed E-state index contributed by atoms with van der Waals surface area (Å²) in [5, 5.41) is 2.87. The van der Waals surface area contributed by atoms with Gasteiger partial charge in [0.25, 0.3) is 0 Å². The standard InChI is InChI=1S/C18H19NO3S/c1-13-5-3-8-16(9-13)19-17(20)12-23-11-14-6-4-7-15(10-14)18(21)22-2/h3-10H,11-12H2,1-2H3,(H,19,20). The smallest absolute Gasteiger partial charge is 0.337 e. The number of benzene rings is 2. The van der Waals surface area contributed by atoms with Gasteiger partial charge in [0.2, 0.25) is 5.91 Å². The fourth-order valence-corrected chi connectivity index (χ4v) is 2.86. The van der Waals surface area contributed by atoms with Crippen molar-refractivity contribution in [2.24, 2.45) is 0 Å². The molecule has 0 fully saturated rings. The zero-order chi connectivity index (χ0) is 16.7. The molecule has 0 aromatic heterocycles. The van der Waals surface area contributed by atoms with Crippen molar-refractivity contribution in [2.75, 3.05) is 18.2 Å². The van der Waals surface area contributed by atoms with Crippen LogP contribution in [-0.2, 0) is 15.3 Å². The highest BCUT2D eigenvalue weighted by Crippen LogP contribution is 2.15. The van der Waals surface area contributed by atoms with Gasteiger partial charge in [0.05, 0.1) is 18.4 Å². The Kier molecular flexibility index (Phi) is 6.23. The van der Waals surface area contributed by atoms with E-state index < -0.39 is 0 Å². The van der Waals surface area contributed by atoms with E-state index in [1.807, 2.05) is 43.3 Å². The van der Waals surface area contributed by atoms with Gasteiger partial charge in [-0.05, 0) is 42.3 Å². The molecule has 120 valence electrons. The second-order valence-corrected chi connectivity index (χ2v) is 6.09. The van der Waals surface area contributed by atoms with Crippen molar-refractivity contribution in [3.8, 4) is 0 Å². The van der Waals surface area contributed by atoms with Crippen LogP contribution in [0.4, 0.5) is 5.69 Å². The number of hydrogen-bond donors (Lipinski definition) is 1. The summed E-state index contributed by atoms with van der Waals surface area (Å²) >= 11 is 1.50. The van der Waals surface area contributed by atoms with Crippen LogP contribution >= 0.6 is 11.8 Å². The number of aryl methyl sites for hydroxylation is 1. The Morgan fingerprint density at radius 1 is 1.13 bits per heavy atom. The van der Waals surface area contributed by atoms with Crippen LogP contribution in [0.25, 0.3) is 0 Å². The van der Waals surface area contributed by atoms with Gasteiger partial charge in [0, 0.05) is 11.4 Å². The Balaban J connectivity index is 1.82. The Labute approximate surface area is 140 Å². The fraction of sp³-hybridized carbons (Fsp3) is 0.222. The minimum atomic E-state index is -0.353. The van der Waals surface area contributed by atoms with Crippen LogP contribution in [0.3, 0.4) is 0 Å². The summed E-state index contributed by atoms with van der Waals surface area (Å²) in [5.74, 6) is 0.626. The van der Waals surface area contributed by atoms with Crippen molar-refractivity contribution in [1.82, 2.24) is 0 Å². The van der Waals surface area contributed by atoms with Crippen LogP contribution in [0.1, 0.15) is 21.5 Å². The number of hydrogen-bond acceptors (Lipinski definition) is 4. The molecule has 0 aliphatic rings. The number of esters is 1. The largest absolute Gasteiger partial charge is 0.465 e. The van der Waals surface area contributed by atoms with E-state index in [0.29, 0.717) is 17.1 Å². The molecule has 23 heavy (non-hydrogen) atoms. The zero-order valence-corrected chi connectivity index (χ0v) is 14.0. The van der Waals surface area contributed by atoms with E-state index in [4.69, 9.17) is 4.74 Å². The van der Waals surface area contributed by atoms with Crippen LogP contribution in [0.5, 0.6) is 0 Å². The molecule has 0 aliphatic heterocycles. The molecule has 0 atom stereocenters. The van der Waals surface area contributed by atoms with Gasteiger partial charge in [-0.15, -0.1) is 11.8 Å². The van der Waals surface area contributed by atoms with E-state index >= 15 is 0 Å². The van der Waals surface area contributed by atoms with Crippen molar-refractivity contribution in [2.45, 2.75) is 12.7 Å². The number of amides is 1. The number of carbonyl (C=O) groups excluding carboxylic acids is 2. The van der Waals surface area contributed by atoms with Crippen molar-refractivity contribution < 1.29 is 14.3 Å². The average molecular weight is 329 g/mol. The monoisotopic (exact) mass is 329 g/mol. The van der Waals surface area contributed by atoms with Crippen molar-refractivity contribution in [1.29, 1.82) is 0 Å². The van der Waals surface area contributed by atoms with Crippen LogP contribution < -0.4 is 5.32 Å². The van der Waals surface area contributed by atoms with Crippen molar-refractivity contribution >= 4 is 29.3 Å². The van der Waals surface area contributed by atoms with Crippen LogP contribution in [0.15, 0.2) is 48.5 Å². The van der Waals surface area contributed by atoms with Gasteiger partial charge < -0.3 is 10.1 Å². The molecule has 5 heteroatoms. The molecule has 0 radical (unpaired) electrons. The maximum absolute atomic E-state index is 11.9. The maximum atomic E-state index is 11.9. The Hall–Kier alpha value is -2.27. The molecular formula is C18H19NO3S. The van der Waals surface area contributed by atoms with E-state index in [1.165, 1.54) is 18.9 Å². The molecule has 0 bridgehead atoms. The number of ether oxygens (including phenoxy) is 1. The molecule has 2 aromatic rings. The number of thioether (sulfide) groups is 1. The summed E-state index contributed by atoms with van der Waals surface area (Å²) in [4.78, 5) is 23.4. The molecule has 0 unspecified atom stereocenters. The lowest BCUT2D eigenvalue weighted by atomic mass is 10.1. The highest BCUT2D eigenvalue weighted by Gasteiger charge is 2.07. The van der Waals surface area contributed by atoms with E-state index in [1.54, 1.807) is 12.1 Å². The quantitative estimate of drug-likeness (QED) is 0.822. The molecule has 1 N–H and O–H groups in total. The van der Waals surface area contributed by atoms with Gasteiger partial charge in [-0.1, -0.05) is 24.3 Å². The number of rotatable bonds is 6. The highest BCUT2D eigenvalue weighted by molar-refractivity contribution is 7.99. The number of anilines is 1. The van der Waals surface area contributed by atoms with Gasteiger partial charge in [0.1, 0.15) is 0 Å². The number of nitrogens with one attached hydrogen (secondary N) is 1. The average Bonchev–Trinajstić information content (AvgIpc) is 2.54. The lowest BCUT2D eigenvalue weighted by molar-refractivity contribution is -0.113. The van der Waals surface area contributed by atoms with E-state index in [-0.39, 0.29) is 11.9 Å². The lowest BCUT2D eigenvalue weighted by Crippen LogP contribution is -2.14. The maximum Gasteiger partial charge on any atom is 0.337 e. The third kappa shape index (κ3) is 5.45. The molecule has 2 rings (SSSR count). The number of methoxy groups -OCH3 is 1. The first-order valence-electron chi connectivity index (χ1n) is 7.20. The fourth-order valence-electron chi connectivity index (χ4n) is 2.09. The topological polar surface area (TPSA) is 55.4 Å². The van der Waals surface area contributed by atoms with Gasteiger partial charge >= 0.3 is 5.97 Å². The summed E-state index contributed by atoms with van der Waals surface area (Å²) in [7, 11) is 1.36. The first-order chi connectivity index (χ1) is 11.1. The Bertz CT molecular complexity index is 700. The molecule has 0 aliphatic carbocycles. The summed E-state index contributed by atoms with van der Waals surface area (Å²) in [5.41, 5.74) is 3.43. The molecule has 2 aromatic carbocycles. The third-order valence-corrected chi connectivity index (χ3v) is 4.16. The molecule has 0 saturated heterocycles. The zero-order valence-electron chi connectivity index (χ0n) is 13.2. The van der Waals surface area contributed by atoms with E-state index in [9.17, 15) is 9.59 Å². The third-order valence-electron chi connectivity index (χ3n) is 3.15. The van der Waals surface area contributed by atoms with E-state index in [0.717, 1.165) is 16.8 Å². The summed E-state index contributed by atoms with van der Waals surface area (Å²) < 4.78 is 4.70. The molecule has 4 nitrogen and oxygen atoms in total. The second kappa shape index (κ2) is 8.39. The lowest BCUT2D eigenvalue weighted by Gasteiger charge is -2.07.